The summed E-state index contributed by atoms with van der Waals surface area (Å²) in [5.41, 5.74) is 4.30. The van der Waals surface area contributed by atoms with Crippen LogP contribution in [0.5, 0.6) is 0 Å². The fraction of sp³-hybridized carbons (Fsp3) is 0.375. The zero-order valence-corrected chi connectivity index (χ0v) is 21.2. The number of hydrogen-bond donors (Lipinski definition) is 3. The fourth-order valence-corrected chi connectivity index (χ4v) is 4.28. The molecule has 2 amide bonds. The number of aliphatic carboxylic acids is 1. The largest absolute Gasteiger partial charge is 0.480 e. The molecule has 0 unspecified atom stereocenters. The average Bonchev–Trinajstić information content (AvgIpc) is 2.86. The lowest BCUT2D eigenvalue weighted by Crippen LogP contribution is -2.46. The Morgan fingerprint density at radius 3 is 2.05 bits per heavy atom. The van der Waals surface area contributed by atoms with E-state index in [1.807, 2.05) is 0 Å². The third kappa shape index (κ3) is 6.21. The summed E-state index contributed by atoms with van der Waals surface area (Å²) < 4.78 is 9.81. The molecule has 14 heteroatoms. The molecule has 2 rings (SSSR count). The summed E-state index contributed by atoms with van der Waals surface area (Å²) in [6.45, 7) is 2.22. The number of esters is 2. The maximum absolute atomic E-state index is 13.3. The summed E-state index contributed by atoms with van der Waals surface area (Å²) in [5.74, 6) is -6.00. The zero-order chi connectivity index (χ0) is 28.7. The minimum absolute atomic E-state index is 0.000355. The lowest BCUT2D eigenvalue weighted by molar-refractivity contribution is -0.385. The molecule has 0 spiro atoms. The highest BCUT2D eigenvalue weighted by atomic mass is 16.6. The van der Waals surface area contributed by atoms with Crippen molar-refractivity contribution in [1.29, 1.82) is 0 Å². The highest BCUT2D eigenvalue weighted by molar-refractivity contribution is 6.02. The number of nitrogens with one attached hydrogen (secondary N) is 1. The Kier molecular flexibility index (Phi) is 9.81. The number of carboxylic acids is 1. The number of amides is 2. The lowest BCUT2D eigenvalue weighted by atomic mass is 9.79. The van der Waals surface area contributed by atoms with E-state index < -0.39 is 53.2 Å². The number of ether oxygens (including phenoxy) is 2. The second kappa shape index (κ2) is 12.6. The van der Waals surface area contributed by atoms with Crippen molar-refractivity contribution in [2.45, 2.75) is 38.6 Å². The van der Waals surface area contributed by atoms with Crippen LogP contribution >= 0.6 is 0 Å². The highest BCUT2D eigenvalue weighted by Crippen LogP contribution is 2.45. The molecule has 1 aromatic rings. The second-order valence-electron chi connectivity index (χ2n) is 8.24. The Hall–Kier alpha value is -4.59. The van der Waals surface area contributed by atoms with E-state index in [4.69, 9.17) is 15.2 Å². The molecule has 4 N–H and O–H groups in total. The molecule has 1 atom stereocenters. The van der Waals surface area contributed by atoms with Gasteiger partial charge in [-0.25, -0.2) is 9.59 Å². The number of benzene rings is 1. The first kappa shape index (κ1) is 29.6. The van der Waals surface area contributed by atoms with E-state index in [1.54, 1.807) is 0 Å². The predicted octanol–water partition coefficient (Wildman–Crippen LogP) is 0.723. The number of methoxy groups -OCH3 is 2. The van der Waals surface area contributed by atoms with E-state index >= 15 is 0 Å². The quantitative estimate of drug-likeness (QED) is 0.205. The molecule has 14 nitrogen and oxygen atoms in total. The van der Waals surface area contributed by atoms with Crippen LogP contribution in [-0.2, 0) is 33.4 Å². The Bertz CT molecular complexity index is 1200. The molecule has 1 heterocycles. The van der Waals surface area contributed by atoms with E-state index in [9.17, 15) is 39.2 Å². The van der Waals surface area contributed by atoms with Gasteiger partial charge in [-0.15, -0.1) is 0 Å². The maximum atomic E-state index is 13.3. The number of carbonyl (C=O) groups is 5. The van der Waals surface area contributed by atoms with Gasteiger partial charge in [-0.05, 0) is 20.3 Å². The molecule has 0 saturated heterocycles. The Morgan fingerprint density at radius 2 is 1.61 bits per heavy atom. The number of primary amides is 1. The third-order valence-electron chi connectivity index (χ3n) is 6.01. The van der Waals surface area contributed by atoms with Crippen molar-refractivity contribution in [3.05, 3.63) is 62.5 Å². The van der Waals surface area contributed by atoms with Gasteiger partial charge in [-0.3, -0.25) is 34.7 Å². The number of carboxylic acid groups (broad SMARTS) is 1. The van der Waals surface area contributed by atoms with Gasteiger partial charge in [-0.2, -0.15) is 0 Å². The van der Waals surface area contributed by atoms with Crippen molar-refractivity contribution >= 4 is 35.4 Å². The molecule has 1 aliphatic heterocycles. The number of para-hydroxylation sites is 1. The topological polar surface area (TPSA) is 208 Å². The van der Waals surface area contributed by atoms with Gasteiger partial charge in [0, 0.05) is 29.4 Å². The van der Waals surface area contributed by atoms with E-state index in [1.165, 1.54) is 38.1 Å². The predicted molar refractivity (Wildman–Crippen MR) is 130 cm³/mol. The van der Waals surface area contributed by atoms with Crippen LogP contribution in [0.2, 0.25) is 0 Å². The van der Waals surface area contributed by atoms with Gasteiger partial charge in [0.15, 0.2) is 0 Å². The van der Waals surface area contributed by atoms with Crippen molar-refractivity contribution < 1.29 is 43.5 Å². The van der Waals surface area contributed by atoms with Gasteiger partial charge in [-0.1, -0.05) is 18.2 Å². The van der Waals surface area contributed by atoms with E-state index in [0.29, 0.717) is 0 Å². The lowest BCUT2D eigenvalue weighted by Gasteiger charge is -2.36. The monoisotopic (exact) mass is 532 g/mol. The Morgan fingerprint density at radius 1 is 1.08 bits per heavy atom. The van der Waals surface area contributed by atoms with Gasteiger partial charge in [0.05, 0.1) is 42.8 Å². The van der Waals surface area contributed by atoms with Crippen molar-refractivity contribution in [2.24, 2.45) is 5.73 Å². The summed E-state index contributed by atoms with van der Waals surface area (Å²) in [4.78, 5) is 74.0. The summed E-state index contributed by atoms with van der Waals surface area (Å²) in [6.07, 6.45) is -0.418. The minimum Gasteiger partial charge on any atom is -0.480 e. The molecule has 0 fully saturated rings. The van der Waals surface area contributed by atoms with E-state index in [0.717, 1.165) is 19.1 Å². The van der Waals surface area contributed by atoms with Crippen molar-refractivity contribution in [3.8, 4) is 0 Å². The van der Waals surface area contributed by atoms with Gasteiger partial charge >= 0.3 is 17.9 Å². The maximum Gasteiger partial charge on any atom is 0.336 e. The molecular formula is C24H28N4O10. The first-order chi connectivity index (χ1) is 17.9. The Labute approximate surface area is 217 Å². The summed E-state index contributed by atoms with van der Waals surface area (Å²) in [5, 5.41) is 23.7. The van der Waals surface area contributed by atoms with Crippen molar-refractivity contribution in [1.82, 2.24) is 10.2 Å². The number of nitrogens with two attached hydrogens (primary N) is 1. The second-order valence-corrected chi connectivity index (χ2v) is 8.24. The number of nitro benzene ring substituents is 1. The number of nitro groups is 1. The SMILES string of the molecule is COC(=O)C1=C(C)N(C(=O)CN[C@@H](CCC(N)=O)C(=O)O)C(C)=C(C(=O)OC)C1c1ccccc1[N+](=O)[O-]. The molecule has 38 heavy (non-hydrogen) atoms. The number of hydrogen-bond acceptors (Lipinski definition) is 10. The molecule has 0 bridgehead atoms. The van der Waals surface area contributed by atoms with Crippen LogP contribution in [-0.4, -0.2) is 71.5 Å². The summed E-state index contributed by atoms with van der Waals surface area (Å²) in [6, 6.07) is 4.22. The molecule has 204 valence electrons. The normalized spacial score (nSPS) is 14.7. The van der Waals surface area contributed by atoms with Gasteiger partial charge in [0.2, 0.25) is 11.8 Å². The third-order valence-corrected chi connectivity index (χ3v) is 6.01. The smallest absolute Gasteiger partial charge is 0.336 e. The van der Waals surface area contributed by atoms with Crippen LogP contribution < -0.4 is 11.1 Å². The molecule has 0 aromatic heterocycles. The molecule has 1 aliphatic rings. The van der Waals surface area contributed by atoms with Crippen LogP contribution in [0, 0.1) is 10.1 Å². The van der Waals surface area contributed by atoms with Crippen LogP contribution in [0.3, 0.4) is 0 Å². The fourth-order valence-electron chi connectivity index (χ4n) is 4.28. The van der Waals surface area contributed by atoms with Crippen molar-refractivity contribution in [2.75, 3.05) is 20.8 Å². The number of allylic oxidation sites excluding steroid dienone is 2. The van der Waals surface area contributed by atoms with Gasteiger partial charge in [0.25, 0.3) is 5.69 Å². The first-order valence-corrected chi connectivity index (χ1v) is 11.3. The standard InChI is InChI=1S/C24H28N4O10/c1-12-19(23(33)37-3)21(14-7-5-6-8-16(14)28(35)36)20(24(34)38-4)13(2)27(12)18(30)11-26-15(22(31)32)9-10-17(25)29/h5-8,15,21,26H,9-11H2,1-4H3,(H2,25,29)(H,31,32)/t15-/m0/s1. The number of nitrogens with zero attached hydrogens (tertiary/aromatic N) is 2. The molecule has 0 saturated carbocycles. The first-order valence-electron chi connectivity index (χ1n) is 11.3. The highest BCUT2D eigenvalue weighted by Gasteiger charge is 2.44. The number of carbonyl (C=O) groups excluding carboxylic acids is 4. The van der Waals surface area contributed by atoms with Crippen LogP contribution in [0.15, 0.2) is 46.8 Å². The molecule has 0 aliphatic carbocycles. The van der Waals surface area contributed by atoms with Crippen LogP contribution in [0.25, 0.3) is 0 Å². The van der Waals surface area contributed by atoms with Crippen LogP contribution in [0.1, 0.15) is 38.2 Å². The van der Waals surface area contributed by atoms with Crippen LogP contribution in [0.4, 0.5) is 5.69 Å². The minimum atomic E-state index is -1.32. The molecule has 0 radical (unpaired) electrons. The summed E-state index contributed by atoms with van der Waals surface area (Å²) in [7, 11) is 2.15. The van der Waals surface area contributed by atoms with Gasteiger partial charge in [0.1, 0.15) is 6.04 Å². The molecule has 1 aromatic carbocycles. The van der Waals surface area contributed by atoms with Crippen molar-refractivity contribution in [3.63, 3.8) is 0 Å². The van der Waals surface area contributed by atoms with E-state index in [2.05, 4.69) is 5.32 Å². The number of rotatable bonds is 11. The zero-order valence-electron chi connectivity index (χ0n) is 21.2. The summed E-state index contributed by atoms with van der Waals surface area (Å²) >= 11 is 0. The Balaban J connectivity index is 2.66. The molecular weight excluding hydrogens is 504 g/mol. The van der Waals surface area contributed by atoms with Gasteiger partial charge < -0.3 is 20.3 Å². The van der Waals surface area contributed by atoms with E-state index in [-0.39, 0.29) is 46.6 Å². The average molecular weight is 533 g/mol.